The predicted molar refractivity (Wildman–Crippen MR) is 107 cm³/mol. The van der Waals surface area contributed by atoms with Gasteiger partial charge in [-0.25, -0.2) is 19.3 Å². The van der Waals surface area contributed by atoms with E-state index in [9.17, 15) is 14.0 Å². The average molecular weight is 394 g/mol. The van der Waals surface area contributed by atoms with Gasteiger partial charge in [0.15, 0.2) is 0 Å². The minimum atomic E-state index is -1.07. The van der Waals surface area contributed by atoms with Gasteiger partial charge in [0.25, 0.3) is 5.91 Å². The van der Waals surface area contributed by atoms with Crippen molar-refractivity contribution in [3.8, 4) is 11.1 Å². The topological polar surface area (TPSA) is 123 Å². The number of benzene rings is 1. The highest BCUT2D eigenvalue weighted by Crippen LogP contribution is 2.35. The number of carbonyl (C=O) groups is 2. The number of nitrogens with zero attached hydrogens (tertiary/aromatic N) is 3. The Morgan fingerprint density at radius 3 is 2.62 bits per heavy atom. The van der Waals surface area contributed by atoms with E-state index in [1.165, 1.54) is 7.05 Å². The molecule has 3 aromatic rings. The number of pyridine rings is 1. The highest BCUT2D eigenvalue weighted by molar-refractivity contribution is 6.00. The number of nitrogens with one attached hydrogen (secondary N) is 2. The Labute approximate surface area is 165 Å². The van der Waals surface area contributed by atoms with Gasteiger partial charge in [-0.2, -0.15) is 0 Å². The molecule has 0 bridgehead atoms. The van der Waals surface area contributed by atoms with Crippen molar-refractivity contribution in [2.75, 3.05) is 18.1 Å². The third-order valence-electron chi connectivity index (χ3n) is 4.89. The lowest BCUT2D eigenvalue weighted by molar-refractivity contribution is -0.117. The average Bonchev–Trinajstić information content (AvgIpc) is 3.43. The maximum atomic E-state index is 13.1. The molecule has 9 heteroatoms. The first-order valence-electron chi connectivity index (χ1n) is 9.07. The van der Waals surface area contributed by atoms with Crippen LogP contribution in [0.5, 0.6) is 0 Å². The molecule has 2 aromatic heterocycles. The van der Waals surface area contributed by atoms with Gasteiger partial charge in [0.05, 0.1) is 5.92 Å². The molecule has 1 aromatic carbocycles. The summed E-state index contributed by atoms with van der Waals surface area (Å²) in [5.74, 6) is -0.913. The second-order valence-electron chi connectivity index (χ2n) is 6.98. The molecule has 2 atom stereocenters. The summed E-state index contributed by atoms with van der Waals surface area (Å²) in [6, 6.07) is 5.35. The van der Waals surface area contributed by atoms with Crippen LogP contribution in [0.4, 0.5) is 15.9 Å². The fraction of sp³-hybridized carbons (Fsp3) is 0.250. The summed E-state index contributed by atoms with van der Waals surface area (Å²) in [6.07, 6.45) is 2.33. The van der Waals surface area contributed by atoms with Crippen molar-refractivity contribution in [2.24, 2.45) is 5.92 Å². The number of halogens is 1. The van der Waals surface area contributed by atoms with Gasteiger partial charge in [0.1, 0.15) is 12.0 Å². The summed E-state index contributed by atoms with van der Waals surface area (Å²) in [5.41, 5.74) is 8.82. The fourth-order valence-corrected chi connectivity index (χ4v) is 3.14. The van der Waals surface area contributed by atoms with Gasteiger partial charge in [-0.15, -0.1) is 0 Å². The van der Waals surface area contributed by atoms with Crippen molar-refractivity contribution >= 4 is 34.1 Å². The molecule has 0 radical (unpaired) electrons. The van der Waals surface area contributed by atoms with Crippen LogP contribution < -0.4 is 16.4 Å². The molecule has 0 saturated heterocycles. The van der Waals surface area contributed by atoms with Crippen molar-refractivity contribution in [3.63, 3.8) is 0 Å². The van der Waals surface area contributed by atoms with E-state index in [0.717, 1.165) is 21.9 Å². The second kappa shape index (κ2) is 7.08. The Balaban J connectivity index is 1.70. The molecule has 1 aliphatic rings. The molecule has 2 heterocycles. The van der Waals surface area contributed by atoms with Crippen LogP contribution in [0.3, 0.4) is 0 Å². The SMILES string of the molecule is CNC(=O)c1ncc(-c2cc(N)c3cnc(NC(=O)C4CC4F)cc3c2)c(C)n1. The monoisotopic (exact) mass is 394 g/mol. The van der Waals surface area contributed by atoms with E-state index < -0.39 is 12.1 Å². The maximum Gasteiger partial charge on any atom is 0.288 e. The van der Waals surface area contributed by atoms with E-state index >= 15 is 0 Å². The van der Waals surface area contributed by atoms with Crippen molar-refractivity contribution in [2.45, 2.75) is 19.5 Å². The van der Waals surface area contributed by atoms with Crippen LogP contribution in [0, 0.1) is 12.8 Å². The first-order chi connectivity index (χ1) is 13.9. The van der Waals surface area contributed by atoms with Crippen LogP contribution >= 0.6 is 0 Å². The van der Waals surface area contributed by atoms with Crippen LogP contribution in [0.2, 0.25) is 0 Å². The summed E-state index contributed by atoms with van der Waals surface area (Å²) in [5, 5.41) is 6.61. The number of anilines is 2. The Kier molecular flexibility index (Phi) is 4.57. The van der Waals surface area contributed by atoms with Crippen LogP contribution in [-0.2, 0) is 4.79 Å². The Hall–Kier alpha value is -3.62. The molecule has 2 amide bonds. The van der Waals surface area contributed by atoms with E-state index in [-0.39, 0.29) is 24.1 Å². The largest absolute Gasteiger partial charge is 0.398 e. The van der Waals surface area contributed by atoms with Crippen molar-refractivity contribution < 1.29 is 14.0 Å². The van der Waals surface area contributed by atoms with E-state index in [0.29, 0.717) is 17.2 Å². The lowest BCUT2D eigenvalue weighted by atomic mass is 10.0. The number of nitrogens with two attached hydrogens (primary N) is 1. The molecular formula is C20H19FN6O2. The normalized spacial score (nSPS) is 17.8. The Morgan fingerprint density at radius 2 is 1.97 bits per heavy atom. The summed E-state index contributed by atoms with van der Waals surface area (Å²) < 4.78 is 13.1. The number of aryl methyl sites for hydroxylation is 1. The molecule has 4 rings (SSSR count). The molecule has 0 aliphatic heterocycles. The molecule has 1 saturated carbocycles. The van der Waals surface area contributed by atoms with Gasteiger partial charge >= 0.3 is 0 Å². The number of alkyl halides is 1. The van der Waals surface area contributed by atoms with Crippen molar-refractivity contribution in [1.82, 2.24) is 20.3 Å². The van der Waals surface area contributed by atoms with Crippen LogP contribution in [-0.4, -0.2) is 40.0 Å². The Morgan fingerprint density at radius 1 is 1.21 bits per heavy atom. The number of nitrogen functional groups attached to an aromatic ring is 1. The van der Waals surface area contributed by atoms with E-state index in [1.54, 1.807) is 31.5 Å². The number of rotatable bonds is 4. The minimum Gasteiger partial charge on any atom is -0.398 e. The lowest BCUT2D eigenvalue weighted by Crippen LogP contribution is -2.21. The number of hydrogen-bond donors (Lipinski definition) is 3. The summed E-state index contributed by atoms with van der Waals surface area (Å²) in [6.45, 7) is 1.78. The van der Waals surface area contributed by atoms with Gasteiger partial charge in [-0.05, 0) is 42.5 Å². The zero-order valence-electron chi connectivity index (χ0n) is 15.9. The highest BCUT2D eigenvalue weighted by atomic mass is 19.1. The van der Waals surface area contributed by atoms with Gasteiger partial charge in [-0.1, -0.05) is 0 Å². The van der Waals surface area contributed by atoms with Crippen molar-refractivity contribution in [3.05, 3.63) is 42.1 Å². The number of aromatic nitrogens is 3. The van der Waals surface area contributed by atoms with E-state index in [2.05, 4.69) is 25.6 Å². The molecule has 4 N–H and O–H groups in total. The van der Waals surface area contributed by atoms with E-state index in [1.807, 2.05) is 6.07 Å². The number of amides is 2. The quantitative estimate of drug-likeness (QED) is 0.583. The van der Waals surface area contributed by atoms with Gasteiger partial charge in [0, 0.05) is 41.8 Å². The molecule has 8 nitrogen and oxygen atoms in total. The third kappa shape index (κ3) is 3.58. The zero-order valence-corrected chi connectivity index (χ0v) is 15.9. The molecule has 148 valence electrons. The smallest absolute Gasteiger partial charge is 0.288 e. The molecule has 1 fully saturated rings. The highest BCUT2D eigenvalue weighted by Gasteiger charge is 2.43. The van der Waals surface area contributed by atoms with Gasteiger partial charge in [-0.3, -0.25) is 9.59 Å². The molecule has 29 heavy (non-hydrogen) atoms. The fourth-order valence-electron chi connectivity index (χ4n) is 3.14. The zero-order chi connectivity index (χ0) is 20.7. The van der Waals surface area contributed by atoms with Gasteiger partial charge in [0.2, 0.25) is 11.7 Å². The first-order valence-corrected chi connectivity index (χ1v) is 9.07. The number of hydrogen-bond acceptors (Lipinski definition) is 6. The molecular weight excluding hydrogens is 375 g/mol. The van der Waals surface area contributed by atoms with Crippen LogP contribution in [0.15, 0.2) is 30.6 Å². The standard InChI is InChI=1S/C20H19FN6O2/c1-9-13(7-25-18(26-9)20(29)23-2)10-3-11-5-17(24-8-14(11)16(22)4-10)27-19(28)12-6-15(12)21/h3-5,7-8,12,15H,6,22H2,1-2H3,(H,23,29)(H,24,27,28). The van der Waals surface area contributed by atoms with E-state index in [4.69, 9.17) is 5.73 Å². The third-order valence-corrected chi connectivity index (χ3v) is 4.89. The van der Waals surface area contributed by atoms with Crippen LogP contribution in [0.1, 0.15) is 22.7 Å². The summed E-state index contributed by atoms with van der Waals surface area (Å²) >= 11 is 0. The lowest BCUT2D eigenvalue weighted by Gasteiger charge is -2.11. The van der Waals surface area contributed by atoms with Crippen LogP contribution in [0.25, 0.3) is 21.9 Å². The van der Waals surface area contributed by atoms with Gasteiger partial charge < -0.3 is 16.4 Å². The minimum absolute atomic E-state index is 0.0861. The van der Waals surface area contributed by atoms with Crippen molar-refractivity contribution in [1.29, 1.82) is 0 Å². The summed E-state index contributed by atoms with van der Waals surface area (Å²) in [7, 11) is 1.51. The number of fused-ring (bicyclic) bond motifs is 1. The number of carbonyl (C=O) groups excluding carboxylic acids is 2. The maximum absolute atomic E-state index is 13.1. The second-order valence-corrected chi connectivity index (χ2v) is 6.98. The first kappa shape index (κ1) is 18.7. The summed E-state index contributed by atoms with van der Waals surface area (Å²) in [4.78, 5) is 36.3. The molecule has 2 unspecified atom stereocenters. The molecule has 0 spiro atoms. The molecule has 1 aliphatic carbocycles. The Bertz CT molecular complexity index is 1150. The predicted octanol–water partition coefficient (Wildman–Crippen LogP) is 2.24.